The summed E-state index contributed by atoms with van der Waals surface area (Å²) >= 11 is 0. The first kappa shape index (κ1) is 17.7. The number of ether oxygens (including phenoxy) is 2. The lowest BCUT2D eigenvalue weighted by molar-refractivity contribution is 0.0601. The first-order chi connectivity index (χ1) is 12.6. The van der Waals surface area contributed by atoms with Gasteiger partial charge in [-0.2, -0.15) is 0 Å². The molecule has 0 fully saturated rings. The van der Waals surface area contributed by atoms with E-state index in [-0.39, 0.29) is 5.97 Å². The first-order valence-corrected chi connectivity index (χ1v) is 8.41. The lowest BCUT2D eigenvalue weighted by Crippen LogP contribution is -2.04. The lowest BCUT2D eigenvalue weighted by atomic mass is 9.98. The van der Waals surface area contributed by atoms with Gasteiger partial charge in [0, 0.05) is 6.20 Å². The van der Waals surface area contributed by atoms with Gasteiger partial charge in [0.2, 0.25) is 0 Å². The highest BCUT2D eigenvalue weighted by atomic mass is 16.5. The van der Waals surface area contributed by atoms with Crippen LogP contribution in [0.5, 0.6) is 5.75 Å². The van der Waals surface area contributed by atoms with Crippen LogP contribution in [0.3, 0.4) is 0 Å². The molecule has 0 aliphatic carbocycles. The van der Waals surface area contributed by atoms with E-state index in [0.29, 0.717) is 12.2 Å². The Hall–Kier alpha value is -3.14. The summed E-state index contributed by atoms with van der Waals surface area (Å²) in [6, 6.07) is 17.3. The van der Waals surface area contributed by atoms with Gasteiger partial charge < -0.3 is 9.47 Å². The second kappa shape index (κ2) is 7.83. The van der Waals surface area contributed by atoms with E-state index in [1.165, 1.54) is 7.11 Å². The average Bonchev–Trinajstić information content (AvgIpc) is 2.66. The van der Waals surface area contributed by atoms with Crippen LogP contribution in [0.4, 0.5) is 0 Å². The summed E-state index contributed by atoms with van der Waals surface area (Å²) in [5, 5.41) is 0. The molecule has 0 saturated heterocycles. The van der Waals surface area contributed by atoms with Crippen LogP contribution >= 0.6 is 0 Å². The third-order valence-electron chi connectivity index (χ3n) is 4.19. The molecule has 4 nitrogen and oxygen atoms in total. The summed E-state index contributed by atoms with van der Waals surface area (Å²) < 4.78 is 10.9. The molecule has 1 aromatic heterocycles. The van der Waals surface area contributed by atoms with Gasteiger partial charge in [0.1, 0.15) is 12.4 Å². The molecule has 0 N–H and O–H groups in total. The number of methoxy groups -OCH3 is 1. The second-order valence-corrected chi connectivity index (χ2v) is 6.13. The fraction of sp³-hybridized carbons (Fsp3) is 0.182. The summed E-state index contributed by atoms with van der Waals surface area (Å²) in [7, 11) is 1.39. The summed E-state index contributed by atoms with van der Waals surface area (Å²) in [6.07, 6.45) is 1.76. The Kier molecular flexibility index (Phi) is 5.32. The molecule has 0 bridgehead atoms. The van der Waals surface area contributed by atoms with Gasteiger partial charge in [0.05, 0.1) is 18.4 Å². The van der Waals surface area contributed by atoms with Crippen molar-refractivity contribution in [2.75, 3.05) is 7.11 Å². The maximum atomic E-state index is 12.1. The van der Waals surface area contributed by atoms with E-state index in [4.69, 9.17) is 9.47 Å². The van der Waals surface area contributed by atoms with Crippen molar-refractivity contribution in [2.45, 2.75) is 20.5 Å². The van der Waals surface area contributed by atoms with Crippen LogP contribution < -0.4 is 4.74 Å². The molecule has 0 spiro atoms. The minimum Gasteiger partial charge on any atom is -0.487 e. The highest BCUT2D eigenvalue weighted by Gasteiger charge is 2.13. The van der Waals surface area contributed by atoms with Gasteiger partial charge in [0.25, 0.3) is 0 Å². The van der Waals surface area contributed by atoms with E-state index in [1.54, 1.807) is 12.3 Å². The molecule has 0 amide bonds. The van der Waals surface area contributed by atoms with Crippen molar-refractivity contribution >= 4 is 5.97 Å². The average molecular weight is 347 g/mol. The van der Waals surface area contributed by atoms with E-state index in [2.05, 4.69) is 4.98 Å². The molecular weight excluding hydrogens is 326 g/mol. The van der Waals surface area contributed by atoms with Crippen LogP contribution in [0.1, 0.15) is 27.2 Å². The van der Waals surface area contributed by atoms with Crippen molar-refractivity contribution in [1.82, 2.24) is 4.98 Å². The maximum Gasteiger partial charge on any atom is 0.338 e. The molecule has 0 unspecified atom stereocenters. The quantitative estimate of drug-likeness (QED) is 0.626. The number of carbonyl (C=O) groups excluding carboxylic acids is 1. The Labute approximate surface area is 153 Å². The number of benzene rings is 2. The molecule has 3 rings (SSSR count). The van der Waals surface area contributed by atoms with Gasteiger partial charge in [-0.15, -0.1) is 0 Å². The predicted molar refractivity (Wildman–Crippen MR) is 101 cm³/mol. The summed E-state index contributed by atoms with van der Waals surface area (Å²) in [5.41, 5.74) is 5.32. The molecule has 26 heavy (non-hydrogen) atoms. The van der Waals surface area contributed by atoms with Gasteiger partial charge in [-0.1, -0.05) is 30.3 Å². The van der Waals surface area contributed by atoms with Crippen molar-refractivity contribution in [2.24, 2.45) is 0 Å². The molecule has 0 atom stereocenters. The summed E-state index contributed by atoms with van der Waals surface area (Å²) in [5.74, 6) is 0.387. The van der Waals surface area contributed by atoms with Crippen LogP contribution in [0.2, 0.25) is 0 Å². The van der Waals surface area contributed by atoms with Crippen molar-refractivity contribution in [3.8, 4) is 16.9 Å². The maximum absolute atomic E-state index is 12.1. The molecular formula is C22H21NO3. The zero-order chi connectivity index (χ0) is 18.5. The van der Waals surface area contributed by atoms with Crippen molar-refractivity contribution in [3.05, 3.63) is 83.2 Å². The van der Waals surface area contributed by atoms with Crippen molar-refractivity contribution in [3.63, 3.8) is 0 Å². The second-order valence-electron chi connectivity index (χ2n) is 6.13. The largest absolute Gasteiger partial charge is 0.487 e. The molecule has 0 radical (unpaired) electrons. The molecule has 0 saturated carbocycles. The topological polar surface area (TPSA) is 48.4 Å². The molecule has 1 heterocycles. The van der Waals surface area contributed by atoms with Gasteiger partial charge >= 0.3 is 5.97 Å². The Morgan fingerprint density at radius 2 is 1.85 bits per heavy atom. The normalized spacial score (nSPS) is 10.4. The standard InChI is InChI=1S/C22H21NO3/c1-15-11-17(19-8-4-5-9-20(19)22(24)25-3)13-18(12-15)26-14-21-16(2)7-6-10-23-21/h4-13H,14H2,1-3H3. The lowest BCUT2D eigenvalue weighted by Gasteiger charge is -2.12. The number of nitrogens with zero attached hydrogens (tertiary/aromatic N) is 1. The Morgan fingerprint density at radius 1 is 1.04 bits per heavy atom. The fourth-order valence-corrected chi connectivity index (χ4v) is 2.83. The fourth-order valence-electron chi connectivity index (χ4n) is 2.83. The monoisotopic (exact) mass is 347 g/mol. The number of pyridine rings is 1. The van der Waals surface area contributed by atoms with Crippen LogP contribution in [0, 0.1) is 13.8 Å². The van der Waals surface area contributed by atoms with Gasteiger partial charge in [-0.3, -0.25) is 4.98 Å². The predicted octanol–water partition coefficient (Wildman–Crippen LogP) is 4.73. The Balaban J connectivity index is 1.92. The Morgan fingerprint density at radius 3 is 2.62 bits per heavy atom. The van der Waals surface area contributed by atoms with E-state index >= 15 is 0 Å². The van der Waals surface area contributed by atoms with Crippen molar-refractivity contribution in [1.29, 1.82) is 0 Å². The summed E-state index contributed by atoms with van der Waals surface area (Å²) in [6.45, 7) is 4.41. The van der Waals surface area contributed by atoms with Crippen LogP contribution in [0.15, 0.2) is 60.8 Å². The van der Waals surface area contributed by atoms with E-state index in [0.717, 1.165) is 33.7 Å². The molecule has 4 heteroatoms. The molecule has 2 aromatic carbocycles. The number of hydrogen-bond acceptors (Lipinski definition) is 4. The first-order valence-electron chi connectivity index (χ1n) is 8.41. The SMILES string of the molecule is COC(=O)c1ccccc1-c1cc(C)cc(OCc2ncccc2C)c1. The van der Waals surface area contributed by atoms with Gasteiger partial charge in [-0.05, 0) is 60.4 Å². The molecule has 3 aromatic rings. The molecule has 132 valence electrons. The Bertz CT molecular complexity index is 934. The minimum atomic E-state index is -0.353. The highest BCUT2D eigenvalue weighted by Crippen LogP contribution is 2.29. The number of aromatic nitrogens is 1. The number of carbonyl (C=O) groups is 1. The molecule has 0 aliphatic heterocycles. The van der Waals surface area contributed by atoms with E-state index < -0.39 is 0 Å². The number of rotatable bonds is 5. The highest BCUT2D eigenvalue weighted by molar-refractivity contribution is 5.97. The van der Waals surface area contributed by atoms with Crippen LogP contribution in [-0.4, -0.2) is 18.1 Å². The van der Waals surface area contributed by atoms with Crippen LogP contribution in [0.25, 0.3) is 11.1 Å². The van der Waals surface area contributed by atoms with Gasteiger partial charge in [-0.25, -0.2) is 4.79 Å². The smallest absolute Gasteiger partial charge is 0.338 e. The third-order valence-corrected chi connectivity index (χ3v) is 4.19. The summed E-state index contributed by atoms with van der Waals surface area (Å²) in [4.78, 5) is 16.4. The third kappa shape index (κ3) is 3.91. The van der Waals surface area contributed by atoms with Crippen LogP contribution in [-0.2, 0) is 11.3 Å². The number of aryl methyl sites for hydroxylation is 2. The van der Waals surface area contributed by atoms with Gasteiger partial charge in [0.15, 0.2) is 0 Å². The van der Waals surface area contributed by atoms with E-state index in [1.807, 2.05) is 62.4 Å². The molecule has 0 aliphatic rings. The number of hydrogen-bond donors (Lipinski definition) is 0. The minimum absolute atomic E-state index is 0.353. The van der Waals surface area contributed by atoms with E-state index in [9.17, 15) is 4.79 Å². The number of esters is 1. The zero-order valence-electron chi connectivity index (χ0n) is 15.2. The zero-order valence-corrected chi connectivity index (χ0v) is 15.2. The van der Waals surface area contributed by atoms with Crippen molar-refractivity contribution < 1.29 is 14.3 Å².